The summed E-state index contributed by atoms with van der Waals surface area (Å²) in [4.78, 5) is 62.5. The van der Waals surface area contributed by atoms with Gasteiger partial charge in [-0.05, 0) is 78.6 Å². The van der Waals surface area contributed by atoms with E-state index >= 15 is 8.78 Å². The topological polar surface area (TPSA) is 138 Å². The van der Waals surface area contributed by atoms with Crippen LogP contribution in [0, 0.1) is 0 Å². The zero-order chi connectivity index (χ0) is 43.8. The fourth-order valence-electron chi connectivity index (χ4n) is 10.2. The van der Waals surface area contributed by atoms with Gasteiger partial charge in [-0.2, -0.15) is 5.10 Å². The lowest BCUT2D eigenvalue weighted by molar-refractivity contribution is -0.137. The first-order valence-electron chi connectivity index (χ1n) is 21.3. The number of aryl methyl sites for hydroxylation is 1. The van der Waals surface area contributed by atoms with E-state index in [1.807, 2.05) is 17.0 Å². The molecular weight excluding hydrogens is 823 g/mol. The molecule has 0 bridgehead atoms. The number of amides is 4. The number of benzene rings is 2. The van der Waals surface area contributed by atoms with Crippen LogP contribution in [0.25, 0.3) is 16.8 Å². The number of carbonyl (C=O) groups is 4. The normalized spacial score (nSPS) is 19.3. The number of pyridine rings is 1. The van der Waals surface area contributed by atoms with Crippen molar-refractivity contribution >= 4 is 46.5 Å². The molecule has 2 fully saturated rings. The second-order valence-corrected chi connectivity index (χ2v) is 16.9. The summed E-state index contributed by atoms with van der Waals surface area (Å²) in [6.07, 6.45) is 2.02. The number of imidazole rings is 1. The van der Waals surface area contributed by atoms with Gasteiger partial charge in [-0.15, -0.1) is 0 Å². The summed E-state index contributed by atoms with van der Waals surface area (Å²) < 4.78 is 68.5. The summed E-state index contributed by atoms with van der Waals surface area (Å²) in [7, 11) is 1.51. The molecule has 5 aliphatic rings. The zero-order valence-electron chi connectivity index (χ0n) is 34.8. The number of carbonyl (C=O) groups excluding carboxylic acids is 4. The van der Waals surface area contributed by atoms with Crippen molar-refractivity contribution in [3.8, 4) is 16.9 Å². The average Bonchev–Trinajstić information content (AvgIpc) is 4.00. The molecule has 2 saturated heterocycles. The summed E-state index contributed by atoms with van der Waals surface area (Å²) in [5.74, 6) is -0.186. The molecule has 0 aliphatic carbocycles. The molecule has 5 aromatic rings. The first kappa shape index (κ1) is 40.6. The number of methoxy groups -OCH3 is 1. The van der Waals surface area contributed by atoms with Crippen molar-refractivity contribution in [3.63, 3.8) is 0 Å². The van der Waals surface area contributed by atoms with Crippen LogP contribution in [-0.2, 0) is 40.3 Å². The Morgan fingerprint density at radius 3 is 2.38 bits per heavy atom. The largest absolute Gasteiger partial charge is 0.496 e. The fourth-order valence-corrected chi connectivity index (χ4v) is 10.2. The molecule has 1 N–H and O–H groups in total. The van der Waals surface area contributed by atoms with Crippen molar-refractivity contribution in [3.05, 3.63) is 88.0 Å². The minimum atomic E-state index is -2.96. The van der Waals surface area contributed by atoms with Crippen molar-refractivity contribution in [2.45, 2.75) is 89.9 Å². The maximum absolute atomic E-state index is 15.1. The third-order valence-corrected chi connectivity index (χ3v) is 13.4. The number of hydrogen-bond donors (Lipinski definition) is 1. The third kappa shape index (κ3) is 6.93. The van der Waals surface area contributed by atoms with Crippen molar-refractivity contribution in [2.24, 2.45) is 0 Å². The van der Waals surface area contributed by atoms with E-state index in [1.165, 1.54) is 54.1 Å². The molecule has 3 aromatic heterocycles. The Labute approximate surface area is 359 Å². The Kier molecular flexibility index (Phi) is 10.1. The van der Waals surface area contributed by atoms with E-state index in [4.69, 9.17) is 9.84 Å². The van der Waals surface area contributed by atoms with Gasteiger partial charge < -0.3 is 28.7 Å². The van der Waals surface area contributed by atoms with Gasteiger partial charge in [0.2, 0.25) is 17.7 Å². The van der Waals surface area contributed by atoms with E-state index in [-0.39, 0.29) is 65.4 Å². The molecule has 10 rings (SSSR count). The van der Waals surface area contributed by atoms with Crippen LogP contribution in [0.5, 0.6) is 5.75 Å². The lowest BCUT2D eigenvalue weighted by atomic mass is 9.90. The zero-order valence-corrected chi connectivity index (χ0v) is 34.8. The second kappa shape index (κ2) is 15.7. The summed E-state index contributed by atoms with van der Waals surface area (Å²) >= 11 is 0. The molecule has 8 heterocycles. The number of halogens is 4. The van der Waals surface area contributed by atoms with E-state index < -0.39 is 24.8 Å². The predicted molar refractivity (Wildman–Crippen MR) is 222 cm³/mol. The van der Waals surface area contributed by atoms with E-state index in [2.05, 4.69) is 19.9 Å². The summed E-state index contributed by atoms with van der Waals surface area (Å²) in [6.45, 7) is 4.37. The monoisotopic (exact) mass is 867 g/mol. The van der Waals surface area contributed by atoms with Gasteiger partial charge in [-0.1, -0.05) is 0 Å². The Morgan fingerprint density at radius 1 is 0.873 bits per heavy atom. The molecule has 0 saturated carbocycles. The lowest BCUT2D eigenvalue weighted by Crippen LogP contribution is -2.52. The van der Waals surface area contributed by atoms with E-state index in [0.717, 1.165) is 28.1 Å². The maximum Gasteiger partial charge on any atom is 0.265 e. The standard InChI is InChI=1S/C45H45F4N9O5/c1-24(59)54-14-9-34-33(23-54)43(56-11-3-4-25-17-29(31(41(46)47)19-36(25)56)30-20-38-50-10-15-55(38)22-32(30)42(48)49)52-58(34)27-7-12-53(13-8-27)28-16-26-21-57(35-5-6-39(60)51-44(35)61)45(62)40(26)37(18-28)63-2/h10,15-20,22,27,35,41-42H,3-9,11-14,21,23H2,1-2H3,(H,51,60,61). The number of alkyl halides is 4. The van der Waals surface area contributed by atoms with E-state index in [0.29, 0.717) is 93.3 Å². The molecule has 5 aliphatic heterocycles. The van der Waals surface area contributed by atoms with Gasteiger partial charge in [0.25, 0.3) is 18.8 Å². The minimum Gasteiger partial charge on any atom is -0.496 e. The average molecular weight is 868 g/mol. The van der Waals surface area contributed by atoms with Crippen molar-refractivity contribution in [1.82, 2.24) is 34.3 Å². The Hall–Kier alpha value is -6.46. The quantitative estimate of drug-likeness (QED) is 0.134. The second-order valence-electron chi connectivity index (χ2n) is 16.9. The van der Waals surface area contributed by atoms with Crippen molar-refractivity contribution in [2.75, 3.05) is 43.1 Å². The number of aromatic nitrogens is 4. The highest BCUT2D eigenvalue weighted by atomic mass is 19.3. The van der Waals surface area contributed by atoms with Crippen LogP contribution in [0.3, 0.4) is 0 Å². The molecule has 1 atom stereocenters. The highest BCUT2D eigenvalue weighted by Gasteiger charge is 2.42. The molecule has 1 unspecified atom stereocenters. The summed E-state index contributed by atoms with van der Waals surface area (Å²) in [6, 6.07) is 7.57. The molecule has 18 heteroatoms. The smallest absolute Gasteiger partial charge is 0.265 e. The van der Waals surface area contributed by atoms with Gasteiger partial charge in [0.05, 0.1) is 25.3 Å². The van der Waals surface area contributed by atoms with Crippen LogP contribution in [0.4, 0.5) is 34.8 Å². The van der Waals surface area contributed by atoms with Gasteiger partial charge in [0.1, 0.15) is 17.4 Å². The van der Waals surface area contributed by atoms with Crippen LogP contribution >= 0.6 is 0 Å². The van der Waals surface area contributed by atoms with Crippen molar-refractivity contribution in [1.29, 1.82) is 0 Å². The first-order chi connectivity index (χ1) is 30.4. The number of ether oxygens (including phenoxy) is 1. The fraction of sp³-hybridized carbons (Fsp3) is 0.422. The number of nitrogens with zero attached hydrogens (tertiary/aromatic N) is 8. The highest BCUT2D eigenvalue weighted by Crippen LogP contribution is 2.46. The number of hydrogen-bond acceptors (Lipinski definition) is 9. The van der Waals surface area contributed by atoms with E-state index in [1.54, 1.807) is 11.0 Å². The van der Waals surface area contributed by atoms with Gasteiger partial charge in [0, 0.05) is 111 Å². The maximum atomic E-state index is 15.1. The Morgan fingerprint density at radius 2 is 1.65 bits per heavy atom. The predicted octanol–water partition coefficient (Wildman–Crippen LogP) is 6.67. The Bertz CT molecular complexity index is 2710. The number of imide groups is 1. The van der Waals surface area contributed by atoms with Crippen molar-refractivity contribution < 1.29 is 41.5 Å². The molecule has 0 spiro atoms. The summed E-state index contributed by atoms with van der Waals surface area (Å²) in [5, 5.41) is 7.62. The molecule has 63 heavy (non-hydrogen) atoms. The molecule has 14 nitrogen and oxygen atoms in total. The molecule has 328 valence electrons. The minimum absolute atomic E-state index is 0.0119. The van der Waals surface area contributed by atoms with Gasteiger partial charge in [-0.3, -0.25) is 29.2 Å². The number of piperidine rings is 2. The van der Waals surface area contributed by atoms with E-state index in [9.17, 15) is 28.0 Å². The van der Waals surface area contributed by atoms with Crippen LogP contribution in [0.15, 0.2) is 48.9 Å². The molecule has 4 amide bonds. The van der Waals surface area contributed by atoms with Crippen LogP contribution < -0.4 is 19.9 Å². The Balaban J connectivity index is 0.955. The molecule has 0 radical (unpaired) electrons. The van der Waals surface area contributed by atoms with Crippen LogP contribution in [0.2, 0.25) is 0 Å². The van der Waals surface area contributed by atoms with Crippen LogP contribution in [0.1, 0.15) is 102 Å². The van der Waals surface area contributed by atoms with Gasteiger partial charge in [0.15, 0.2) is 5.82 Å². The molecular formula is C45H45F4N9O5. The van der Waals surface area contributed by atoms with Gasteiger partial charge >= 0.3 is 0 Å². The first-order valence-corrected chi connectivity index (χ1v) is 21.3. The lowest BCUT2D eigenvalue weighted by Gasteiger charge is -2.35. The van der Waals surface area contributed by atoms with Crippen LogP contribution in [-0.4, -0.2) is 91.9 Å². The number of nitrogens with one attached hydrogen (secondary N) is 1. The SMILES string of the molecule is COc1cc(N2CCC(n3nc(N4CCCc5cc(-c6cc7nccn7cc6C(F)F)c(C(F)F)cc54)c4c3CCN(C(C)=O)C4)CC2)cc2c1C(=O)N(C1CCC(=O)NC1=O)C2. The number of anilines is 3. The molecule has 2 aromatic carbocycles. The van der Waals surface area contributed by atoms with Gasteiger partial charge in [-0.25, -0.2) is 22.5 Å². The summed E-state index contributed by atoms with van der Waals surface area (Å²) in [5.41, 5.74) is 4.92. The highest BCUT2D eigenvalue weighted by molar-refractivity contribution is 6.07. The number of rotatable bonds is 8. The number of fused-ring (bicyclic) bond motifs is 4. The third-order valence-electron chi connectivity index (χ3n) is 13.4.